The third-order valence-corrected chi connectivity index (χ3v) is 3.84. The summed E-state index contributed by atoms with van der Waals surface area (Å²) < 4.78 is 6.76. The molecule has 102 valence electrons. The van der Waals surface area contributed by atoms with Crippen molar-refractivity contribution >= 4 is 49.3 Å². The Morgan fingerprint density at radius 2 is 2.00 bits per heavy atom. The summed E-state index contributed by atoms with van der Waals surface area (Å²) in [6.45, 7) is 2.65. The van der Waals surface area contributed by atoms with Gasteiger partial charge in [0.05, 0.1) is 13.2 Å². The van der Waals surface area contributed by atoms with Gasteiger partial charge in [0.1, 0.15) is 5.92 Å². The number of ketones is 1. The van der Waals surface area contributed by atoms with Crippen LogP contribution in [0.15, 0.2) is 27.1 Å². The van der Waals surface area contributed by atoms with Crippen molar-refractivity contribution in [3.8, 4) is 0 Å². The normalized spacial score (nSPS) is 18.8. The molecule has 0 aliphatic carbocycles. The summed E-state index contributed by atoms with van der Waals surface area (Å²) in [5.41, 5.74) is 0.904. The van der Waals surface area contributed by atoms with Crippen LogP contribution in [0.2, 0.25) is 0 Å². The number of esters is 1. The molecule has 0 bridgehead atoms. The fourth-order valence-corrected chi connectivity index (χ4v) is 3.32. The van der Waals surface area contributed by atoms with Crippen molar-refractivity contribution in [2.75, 3.05) is 24.6 Å². The third-order valence-electron chi connectivity index (χ3n) is 2.92. The number of hydrogen-bond acceptors (Lipinski definition) is 4. The first kappa shape index (κ1) is 14.5. The summed E-state index contributed by atoms with van der Waals surface area (Å²) in [6.07, 6.45) is 0. The van der Waals surface area contributed by atoms with E-state index >= 15 is 0 Å². The van der Waals surface area contributed by atoms with Gasteiger partial charge in [0.15, 0.2) is 5.78 Å². The second-order valence-corrected chi connectivity index (χ2v) is 6.11. The van der Waals surface area contributed by atoms with Gasteiger partial charge in [-0.05, 0) is 25.1 Å². The molecular weight excluding hydrogens is 378 g/mol. The number of hydrogen-bond donors (Lipinski definition) is 0. The highest BCUT2D eigenvalue weighted by molar-refractivity contribution is 9.11. The molecule has 0 aromatic heterocycles. The van der Waals surface area contributed by atoms with Crippen molar-refractivity contribution in [2.45, 2.75) is 6.92 Å². The van der Waals surface area contributed by atoms with Gasteiger partial charge in [-0.3, -0.25) is 9.59 Å². The van der Waals surface area contributed by atoms with Gasteiger partial charge < -0.3 is 9.64 Å². The number of ether oxygens (including phenoxy) is 1. The van der Waals surface area contributed by atoms with Crippen molar-refractivity contribution in [2.24, 2.45) is 5.92 Å². The zero-order chi connectivity index (χ0) is 14.0. The van der Waals surface area contributed by atoms with E-state index in [0.717, 1.165) is 14.6 Å². The maximum absolute atomic E-state index is 11.9. The van der Waals surface area contributed by atoms with E-state index in [1.165, 1.54) is 0 Å². The smallest absolute Gasteiger partial charge is 0.318 e. The monoisotopic (exact) mass is 389 g/mol. The molecule has 1 fully saturated rings. The van der Waals surface area contributed by atoms with E-state index in [4.69, 9.17) is 4.74 Å². The van der Waals surface area contributed by atoms with Gasteiger partial charge in [0, 0.05) is 21.2 Å². The highest BCUT2D eigenvalue weighted by Gasteiger charge is 2.37. The van der Waals surface area contributed by atoms with Gasteiger partial charge in [0.2, 0.25) is 0 Å². The molecule has 19 heavy (non-hydrogen) atoms. The van der Waals surface area contributed by atoms with E-state index < -0.39 is 11.9 Å². The van der Waals surface area contributed by atoms with Crippen LogP contribution in [0.1, 0.15) is 6.92 Å². The molecule has 0 radical (unpaired) electrons. The molecule has 4 nitrogen and oxygen atoms in total. The van der Waals surface area contributed by atoms with Gasteiger partial charge in [-0.1, -0.05) is 31.9 Å². The molecule has 0 spiro atoms. The van der Waals surface area contributed by atoms with Crippen molar-refractivity contribution in [3.63, 3.8) is 0 Å². The number of carbonyl (C=O) groups excluding carboxylic acids is 2. The van der Waals surface area contributed by atoms with Crippen molar-refractivity contribution < 1.29 is 14.3 Å². The van der Waals surface area contributed by atoms with Crippen molar-refractivity contribution in [1.29, 1.82) is 0 Å². The van der Waals surface area contributed by atoms with E-state index in [1.807, 2.05) is 23.1 Å². The van der Waals surface area contributed by atoms with Crippen LogP contribution in [-0.4, -0.2) is 31.4 Å². The minimum absolute atomic E-state index is 0.0884. The first-order valence-corrected chi connectivity index (χ1v) is 7.50. The van der Waals surface area contributed by atoms with Gasteiger partial charge in [-0.15, -0.1) is 0 Å². The van der Waals surface area contributed by atoms with E-state index in [1.54, 1.807) is 6.92 Å². The van der Waals surface area contributed by atoms with E-state index in [-0.39, 0.29) is 12.3 Å². The number of carbonyl (C=O) groups is 2. The minimum Gasteiger partial charge on any atom is -0.465 e. The minimum atomic E-state index is -0.669. The average molecular weight is 391 g/mol. The molecule has 0 amide bonds. The molecule has 1 aliphatic heterocycles. The Labute approximate surface area is 128 Å². The predicted molar refractivity (Wildman–Crippen MR) is 79.2 cm³/mol. The predicted octanol–water partition coefficient (Wildman–Crippen LogP) is 2.78. The lowest BCUT2D eigenvalue weighted by atomic mass is 10.1. The maximum Gasteiger partial charge on any atom is 0.318 e. The zero-order valence-corrected chi connectivity index (χ0v) is 13.5. The lowest BCUT2D eigenvalue weighted by Gasteiger charge is -2.18. The van der Waals surface area contributed by atoms with Crippen LogP contribution in [0.25, 0.3) is 0 Å². The Kier molecular flexibility index (Phi) is 4.62. The second-order valence-electron chi connectivity index (χ2n) is 4.28. The van der Waals surface area contributed by atoms with Gasteiger partial charge in [0.25, 0.3) is 0 Å². The summed E-state index contributed by atoms with van der Waals surface area (Å²) >= 11 is 6.82. The maximum atomic E-state index is 11.9. The van der Waals surface area contributed by atoms with Crippen LogP contribution < -0.4 is 4.90 Å². The SMILES string of the molecule is CCOC(=O)C1CN(c2cc(Br)cc(Br)c2)CC1=O. The molecule has 1 unspecified atom stereocenters. The molecule has 1 heterocycles. The number of nitrogens with zero attached hydrogens (tertiary/aromatic N) is 1. The number of Topliss-reactive ketones (excluding diaryl/α,β-unsaturated/α-hetero) is 1. The highest BCUT2D eigenvalue weighted by Crippen LogP contribution is 2.29. The van der Waals surface area contributed by atoms with Crippen LogP contribution in [-0.2, 0) is 14.3 Å². The fraction of sp³-hybridized carbons (Fsp3) is 0.385. The summed E-state index contributed by atoms with van der Waals surface area (Å²) in [5.74, 6) is -1.18. The molecular formula is C13H13Br2NO3. The highest BCUT2D eigenvalue weighted by atomic mass is 79.9. The van der Waals surface area contributed by atoms with Gasteiger partial charge in [-0.2, -0.15) is 0 Å². The van der Waals surface area contributed by atoms with Crippen LogP contribution in [0.4, 0.5) is 5.69 Å². The summed E-state index contributed by atoms with van der Waals surface area (Å²) in [4.78, 5) is 25.4. The first-order valence-electron chi connectivity index (χ1n) is 5.91. The number of anilines is 1. The Hall–Kier alpha value is -0.880. The largest absolute Gasteiger partial charge is 0.465 e. The molecule has 1 aliphatic rings. The molecule has 1 aromatic carbocycles. The summed E-state index contributed by atoms with van der Waals surface area (Å²) in [7, 11) is 0. The van der Waals surface area contributed by atoms with Crippen molar-refractivity contribution in [3.05, 3.63) is 27.1 Å². The topological polar surface area (TPSA) is 46.6 Å². The lowest BCUT2D eigenvalue weighted by molar-refractivity contribution is -0.149. The van der Waals surface area contributed by atoms with E-state index in [2.05, 4.69) is 31.9 Å². The average Bonchev–Trinajstić information content (AvgIpc) is 2.70. The Morgan fingerprint density at radius 1 is 1.37 bits per heavy atom. The fourth-order valence-electron chi connectivity index (χ4n) is 2.05. The summed E-state index contributed by atoms with van der Waals surface area (Å²) in [5, 5.41) is 0. The molecule has 1 atom stereocenters. The Balaban J connectivity index is 2.16. The molecule has 6 heteroatoms. The summed E-state index contributed by atoms with van der Waals surface area (Å²) in [6, 6.07) is 5.77. The van der Waals surface area contributed by atoms with Gasteiger partial charge >= 0.3 is 5.97 Å². The Morgan fingerprint density at radius 3 is 2.58 bits per heavy atom. The van der Waals surface area contributed by atoms with Crippen LogP contribution in [0, 0.1) is 5.92 Å². The molecule has 0 N–H and O–H groups in total. The number of rotatable bonds is 3. The Bertz CT molecular complexity index is 498. The quantitative estimate of drug-likeness (QED) is 0.588. The molecule has 1 aromatic rings. The van der Waals surface area contributed by atoms with Crippen LogP contribution in [0.3, 0.4) is 0 Å². The van der Waals surface area contributed by atoms with Crippen LogP contribution in [0.5, 0.6) is 0 Å². The first-order chi connectivity index (χ1) is 9.01. The zero-order valence-electron chi connectivity index (χ0n) is 10.4. The van der Waals surface area contributed by atoms with E-state index in [9.17, 15) is 9.59 Å². The third kappa shape index (κ3) is 3.36. The van der Waals surface area contributed by atoms with Crippen LogP contribution >= 0.6 is 31.9 Å². The number of halogens is 2. The van der Waals surface area contributed by atoms with Crippen molar-refractivity contribution in [1.82, 2.24) is 0 Å². The standard InChI is InChI=1S/C13H13Br2NO3/c1-2-19-13(18)11-6-16(7-12(11)17)10-4-8(14)3-9(15)5-10/h3-5,11H,2,6-7H2,1H3. The molecule has 0 saturated carbocycles. The van der Waals surface area contributed by atoms with Gasteiger partial charge in [-0.25, -0.2) is 0 Å². The molecule has 2 rings (SSSR count). The second kappa shape index (κ2) is 6.05. The number of benzene rings is 1. The lowest BCUT2D eigenvalue weighted by Crippen LogP contribution is -2.25. The molecule has 1 saturated heterocycles. The van der Waals surface area contributed by atoms with E-state index in [0.29, 0.717) is 13.2 Å².